The summed E-state index contributed by atoms with van der Waals surface area (Å²) in [5.74, 6) is 0.0261. The van der Waals surface area contributed by atoms with Crippen molar-refractivity contribution < 1.29 is 28.2 Å². The van der Waals surface area contributed by atoms with Crippen LogP contribution in [0.2, 0.25) is 0 Å². The number of nitrogens with one attached hydrogen (secondary N) is 1. The molecule has 0 aliphatic carbocycles. The SMILES string of the molecule is CC(O)C1CCN(C(=O)Nc2ccc3c(c2)OC(F)(F)O3)CC1. The lowest BCUT2D eigenvalue weighted by Gasteiger charge is -2.33. The van der Waals surface area contributed by atoms with Gasteiger partial charge in [0.05, 0.1) is 6.10 Å². The van der Waals surface area contributed by atoms with Gasteiger partial charge in [-0.3, -0.25) is 0 Å². The number of anilines is 1. The maximum Gasteiger partial charge on any atom is 0.586 e. The van der Waals surface area contributed by atoms with Crippen molar-refractivity contribution in [1.82, 2.24) is 4.90 Å². The third-order valence-corrected chi connectivity index (χ3v) is 4.16. The first-order valence-electron chi connectivity index (χ1n) is 7.48. The van der Waals surface area contributed by atoms with Crippen molar-refractivity contribution in [2.45, 2.75) is 32.2 Å². The van der Waals surface area contributed by atoms with E-state index in [1.165, 1.54) is 18.2 Å². The van der Waals surface area contributed by atoms with Crippen LogP contribution < -0.4 is 14.8 Å². The summed E-state index contributed by atoms with van der Waals surface area (Å²) < 4.78 is 34.6. The number of fused-ring (bicyclic) bond motifs is 1. The van der Waals surface area contributed by atoms with Crippen molar-refractivity contribution in [2.75, 3.05) is 18.4 Å². The van der Waals surface area contributed by atoms with Crippen LogP contribution in [0.3, 0.4) is 0 Å². The second-order valence-corrected chi connectivity index (χ2v) is 5.82. The summed E-state index contributed by atoms with van der Waals surface area (Å²) in [6, 6.07) is 3.80. The number of benzene rings is 1. The van der Waals surface area contributed by atoms with Gasteiger partial charge in [0, 0.05) is 24.8 Å². The molecule has 1 aromatic carbocycles. The zero-order valence-corrected chi connectivity index (χ0v) is 12.6. The molecule has 8 heteroatoms. The summed E-state index contributed by atoms with van der Waals surface area (Å²) in [7, 11) is 0. The van der Waals surface area contributed by atoms with E-state index >= 15 is 0 Å². The molecule has 1 saturated heterocycles. The first-order chi connectivity index (χ1) is 10.8. The number of carbonyl (C=O) groups is 1. The second-order valence-electron chi connectivity index (χ2n) is 5.82. The third-order valence-electron chi connectivity index (χ3n) is 4.16. The lowest BCUT2D eigenvalue weighted by Crippen LogP contribution is -2.42. The number of nitrogens with zero attached hydrogens (tertiary/aromatic N) is 1. The summed E-state index contributed by atoms with van der Waals surface area (Å²) in [6.07, 6.45) is -2.58. The van der Waals surface area contributed by atoms with Gasteiger partial charge < -0.3 is 24.8 Å². The Morgan fingerprint density at radius 2 is 2.00 bits per heavy atom. The molecule has 126 valence electrons. The van der Waals surface area contributed by atoms with Crippen molar-refractivity contribution >= 4 is 11.7 Å². The fraction of sp³-hybridized carbons (Fsp3) is 0.533. The second kappa shape index (κ2) is 5.84. The van der Waals surface area contributed by atoms with E-state index in [9.17, 15) is 18.7 Å². The number of hydrogen-bond donors (Lipinski definition) is 2. The molecular weight excluding hydrogens is 310 g/mol. The zero-order valence-electron chi connectivity index (χ0n) is 12.6. The third kappa shape index (κ3) is 3.47. The smallest absolute Gasteiger partial charge is 0.395 e. The van der Waals surface area contributed by atoms with Crippen LogP contribution in [-0.4, -0.2) is 41.5 Å². The van der Waals surface area contributed by atoms with Crippen molar-refractivity contribution in [1.29, 1.82) is 0 Å². The van der Waals surface area contributed by atoms with Crippen LogP contribution in [0.15, 0.2) is 18.2 Å². The number of urea groups is 1. The summed E-state index contributed by atoms with van der Waals surface area (Å²) in [6.45, 7) is 2.84. The minimum atomic E-state index is -3.67. The zero-order chi connectivity index (χ0) is 16.6. The molecule has 3 rings (SSSR count). The Labute approximate surface area is 132 Å². The number of aliphatic hydroxyl groups is 1. The van der Waals surface area contributed by atoms with E-state index in [2.05, 4.69) is 14.8 Å². The fourth-order valence-electron chi connectivity index (χ4n) is 2.81. The topological polar surface area (TPSA) is 71.0 Å². The number of halogens is 2. The molecular formula is C15H18F2N2O4. The van der Waals surface area contributed by atoms with Crippen LogP contribution in [0.1, 0.15) is 19.8 Å². The van der Waals surface area contributed by atoms with Crippen LogP contribution in [0.25, 0.3) is 0 Å². The van der Waals surface area contributed by atoms with Gasteiger partial charge in [-0.1, -0.05) is 0 Å². The maximum atomic E-state index is 13.0. The Kier molecular flexibility index (Phi) is 4.01. The van der Waals surface area contributed by atoms with Crippen LogP contribution in [0.5, 0.6) is 11.5 Å². The van der Waals surface area contributed by atoms with Gasteiger partial charge in [0.1, 0.15) is 0 Å². The lowest BCUT2D eigenvalue weighted by molar-refractivity contribution is -0.286. The number of ether oxygens (including phenoxy) is 2. The largest absolute Gasteiger partial charge is 0.586 e. The molecule has 6 nitrogen and oxygen atoms in total. The predicted molar refractivity (Wildman–Crippen MR) is 77.6 cm³/mol. The van der Waals surface area contributed by atoms with Crippen LogP contribution in [0.4, 0.5) is 19.3 Å². The standard InChI is InChI=1S/C15H18F2N2O4/c1-9(20)10-4-6-19(7-5-10)14(21)18-11-2-3-12-13(8-11)23-15(16,17)22-12/h2-3,8-10,20H,4-7H2,1H3,(H,18,21). The molecule has 1 atom stereocenters. The van der Waals surface area contributed by atoms with Gasteiger partial charge in [0.25, 0.3) is 0 Å². The number of amides is 2. The first-order valence-corrected chi connectivity index (χ1v) is 7.48. The molecule has 2 aliphatic rings. The monoisotopic (exact) mass is 328 g/mol. The number of hydrogen-bond acceptors (Lipinski definition) is 4. The molecule has 0 saturated carbocycles. The predicted octanol–water partition coefficient (Wildman–Crippen LogP) is 2.63. The molecule has 2 heterocycles. The number of alkyl halides is 2. The summed E-state index contributed by atoms with van der Waals surface area (Å²) in [4.78, 5) is 13.8. The highest BCUT2D eigenvalue weighted by Crippen LogP contribution is 2.42. The number of likely N-dealkylation sites (tertiary alicyclic amines) is 1. The van der Waals surface area contributed by atoms with E-state index in [0.29, 0.717) is 18.8 Å². The van der Waals surface area contributed by atoms with Crippen molar-refractivity contribution in [3.63, 3.8) is 0 Å². The normalized spacial score (nSPS) is 21.1. The Morgan fingerprint density at radius 3 is 2.65 bits per heavy atom. The average Bonchev–Trinajstić information content (AvgIpc) is 2.80. The number of piperidine rings is 1. The van der Waals surface area contributed by atoms with E-state index in [4.69, 9.17) is 0 Å². The summed E-state index contributed by atoms with van der Waals surface area (Å²) >= 11 is 0. The van der Waals surface area contributed by atoms with Gasteiger partial charge in [-0.25, -0.2) is 4.79 Å². The van der Waals surface area contributed by atoms with E-state index in [0.717, 1.165) is 12.8 Å². The summed E-state index contributed by atoms with van der Waals surface area (Å²) in [5.41, 5.74) is 0.354. The fourth-order valence-corrected chi connectivity index (χ4v) is 2.81. The highest BCUT2D eigenvalue weighted by Gasteiger charge is 2.43. The molecule has 0 bridgehead atoms. The highest BCUT2D eigenvalue weighted by atomic mass is 19.3. The number of rotatable bonds is 2. The average molecular weight is 328 g/mol. The van der Waals surface area contributed by atoms with Crippen LogP contribution in [-0.2, 0) is 0 Å². The minimum Gasteiger partial charge on any atom is -0.395 e. The van der Waals surface area contributed by atoms with Gasteiger partial charge in [-0.05, 0) is 37.8 Å². The van der Waals surface area contributed by atoms with E-state index < -0.39 is 6.29 Å². The molecule has 23 heavy (non-hydrogen) atoms. The summed E-state index contributed by atoms with van der Waals surface area (Å²) in [5, 5.41) is 12.2. The van der Waals surface area contributed by atoms with E-state index in [1.807, 2.05) is 0 Å². The molecule has 1 aromatic rings. The van der Waals surface area contributed by atoms with Crippen LogP contribution in [0, 0.1) is 5.92 Å². The van der Waals surface area contributed by atoms with Crippen molar-refractivity contribution in [3.8, 4) is 11.5 Å². The lowest BCUT2D eigenvalue weighted by atomic mass is 9.92. The number of aliphatic hydroxyl groups excluding tert-OH is 1. The van der Waals surface area contributed by atoms with Crippen molar-refractivity contribution in [2.24, 2.45) is 5.92 Å². The maximum absolute atomic E-state index is 13.0. The Hall–Kier alpha value is -2.09. The molecule has 0 aromatic heterocycles. The Morgan fingerprint density at radius 1 is 1.35 bits per heavy atom. The molecule has 2 N–H and O–H groups in total. The quantitative estimate of drug-likeness (QED) is 0.875. The van der Waals surface area contributed by atoms with Gasteiger partial charge in [0.2, 0.25) is 0 Å². The Bertz CT molecular complexity index is 601. The molecule has 0 spiro atoms. The first kappa shape index (κ1) is 15.8. The van der Waals surface area contributed by atoms with E-state index in [1.54, 1.807) is 11.8 Å². The van der Waals surface area contributed by atoms with Gasteiger partial charge in [0.15, 0.2) is 11.5 Å². The number of carbonyl (C=O) groups excluding carboxylic acids is 1. The molecule has 2 aliphatic heterocycles. The highest BCUT2D eigenvalue weighted by molar-refractivity contribution is 5.89. The molecule has 0 radical (unpaired) electrons. The minimum absolute atomic E-state index is 0.0641. The van der Waals surface area contributed by atoms with E-state index in [-0.39, 0.29) is 29.6 Å². The van der Waals surface area contributed by atoms with Gasteiger partial charge in [-0.15, -0.1) is 8.78 Å². The van der Waals surface area contributed by atoms with Crippen molar-refractivity contribution in [3.05, 3.63) is 18.2 Å². The Balaban J connectivity index is 1.59. The van der Waals surface area contributed by atoms with Gasteiger partial charge >= 0.3 is 12.3 Å². The molecule has 2 amide bonds. The van der Waals surface area contributed by atoms with Gasteiger partial charge in [-0.2, -0.15) is 0 Å². The molecule has 1 fully saturated rings. The molecule has 1 unspecified atom stereocenters. The van der Waals surface area contributed by atoms with Crippen LogP contribution >= 0.6 is 0 Å².